The number of hydrogen-bond acceptors (Lipinski definition) is 7. The van der Waals surface area contributed by atoms with E-state index < -0.39 is 42.9 Å². The summed E-state index contributed by atoms with van der Waals surface area (Å²) in [6.45, 7) is 17.7. The van der Waals surface area contributed by atoms with Gasteiger partial charge in [-0.25, -0.2) is 9.59 Å². The maximum absolute atomic E-state index is 12.0. The molecule has 52 heavy (non-hydrogen) atoms. The van der Waals surface area contributed by atoms with Crippen molar-refractivity contribution in [1.82, 2.24) is 26.6 Å². The Morgan fingerprint density at radius 3 is 1.92 bits per heavy atom. The summed E-state index contributed by atoms with van der Waals surface area (Å²) < 4.78 is 0. The lowest BCUT2D eigenvalue weighted by Crippen LogP contribution is -2.47. The highest BCUT2D eigenvalue weighted by atomic mass is 16.4. The lowest BCUT2D eigenvalue weighted by molar-refractivity contribution is -0.140. The van der Waals surface area contributed by atoms with E-state index in [0.29, 0.717) is 12.1 Å². The summed E-state index contributed by atoms with van der Waals surface area (Å²) in [5, 5.41) is 40.9. The zero-order chi connectivity index (χ0) is 39.9. The molecular weight excluding hydrogens is 666 g/mol. The Morgan fingerprint density at radius 1 is 0.769 bits per heavy atom. The maximum Gasteiger partial charge on any atom is 0.326 e. The number of fused-ring (bicyclic) bond motifs is 1. The van der Waals surface area contributed by atoms with Crippen LogP contribution in [0.3, 0.4) is 0 Å². The molecule has 0 saturated heterocycles. The molecule has 1 atom stereocenters. The number of nitrogens with one attached hydrogen (secondary N) is 5. The predicted molar refractivity (Wildman–Crippen MR) is 207 cm³/mol. The molecule has 13 heteroatoms. The molecule has 0 aliphatic carbocycles. The van der Waals surface area contributed by atoms with Crippen LogP contribution < -0.4 is 26.6 Å². The van der Waals surface area contributed by atoms with Crippen molar-refractivity contribution < 1.29 is 39.3 Å². The standard InChI is InChI=1S/C16H25N3O.C11H10.C8H12N2O7.2C2H6/c1-4-5-10-18-13(2)11-19-16(20)15-8-6-14(7-9-15)12-17-3;1-9-6-7-10-4-2-3-5-11(10)8-9;11-5(12)2-1-4(7(15)16)10-8(17)9-3-6(13)14;2*1-2/h6-9,17-18H,2,4-5,10-12H2,1,3H3,(H,19,20);2-8H,1H3;4H,1-3H2,(H,11,12)(H,13,14)(H,15,16)(H2,9,10,17);2*1-2H3. The van der Waals surface area contributed by atoms with Gasteiger partial charge in [-0.3, -0.25) is 14.4 Å². The highest BCUT2D eigenvalue weighted by Gasteiger charge is 2.21. The van der Waals surface area contributed by atoms with Crippen LogP contribution >= 0.6 is 0 Å². The van der Waals surface area contributed by atoms with Crippen LogP contribution in [-0.4, -0.2) is 77.9 Å². The normalized spacial score (nSPS) is 9.98. The van der Waals surface area contributed by atoms with E-state index in [-0.39, 0.29) is 12.3 Å². The number of carbonyl (C=O) groups is 5. The summed E-state index contributed by atoms with van der Waals surface area (Å²) in [7, 11) is 1.90. The Morgan fingerprint density at radius 2 is 1.38 bits per heavy atom. The number of benzene rings is 3. The molecule has 0 heterocycles. The zero-order valence-corrected chi connectivity index (χ0v) is 31.7. The number of carbonyl (C=O) groups excluding carboxylic acids is 2. The van der Waals surface area contributed by atoms with E-state index in [0.717, 1.165) is 37.2 Å². The molecule has 0 radical (unpaired) electrons. The molecule has 3 aromatic rings. The summed E-state index contributed by atoms with van der Waals surface area (Å²) in [4.78, 5) is 53.9. The van der Waals surface area contributed by atoms with Gasteiger partial charge in [0.15, 0.2) is 0 Å². The summed E-state index contributed by atoms with van der Waals surface area (Å²) >= 11 is 0. The molecular formula is C39H59N5O8. The fraction of sp³-hybridized carbons (Fsp3) is 0.410. The average Bonchev–Trinajstić information content (AvgIpc) is 3.14. The Labute approximate surface area is 308 Å². The Balaban J connectivity index is 0. The highest BCUT2D eigenvalue weighted by molar-refractivity contribution is 5.94. The zero-order valence-electron chi connectivity index (χ0n) is 31.7. The van der Waals surface area contributed by atoms with Gasteiger partial charge < -0.3 is 41.9 Å². The third-order valence-electron chi connectivity index (χ3n) is 6.52. The van der Waals surface area contributed by atoms with Gasteiger partial charge in [0.05, 0.1) is 6.54 Å². The fourth-order valence-electron chi connectivity index (χ4n) is 3.97. The number of carboxylic acids is 3. The molecule has 0 spiro atoms. The van der Waals surface area contributed by atoms with Crippen LogP contribution in [0, 0.1) is 6.92 Å². The van der Waals surface area contributed by atoms with Crippen LogP contribution in [0.2, 0.25) is 0 Å². The largest absolute Gasteiger partial charge is 0.481 e. The molecule has 0 bridgehead atoms. The van der Waals surface area contributed by atoms with Crippen molar-refractivity contribution in [3.8, 4) is 0 Å². The number of carboxylic acid groups (broad SMARTS) is 3. The SMILES string of the molecule is C=C(CNC(=O)c1ccc(CNC)cc1)NCCCC.CC.CC.Cc1ccc2ccccc2c1.O=C(O)CCC(NC(=O)NCC(=O)O)C(=O)O. The molecule has 288 valence electrons. The smallest absolute Gasteiger partial charge is 0.326 e. The quantitative estimate of drug-likeness (QED) is 0.0817. The van der Waals surface area contributed by atoms with Crippen LogP contribution in [0.15, 0.2) is 79.0 Å². The first-order valence-corrected chi connectivity index (χ1v) is 17.5. The van der Waals surface area contributed by atoms with Crippen LogP contribution in [0.5, 0.6) is 0 Å². The van der Waals surface area contributed by atoms with Crippen molar-refractivity contribution in [1.29, 1.82) is 0 Å². The maximum atomic E-state index is 12.0. The summed E-state index contributed by atoms with van der Waals surface area (Å²) in [6.07, 6.45) is 1.55. The molecule has 3 rings (SSSR count). The number of aliphatic carboxylic acids is 3. The van der Waals surface area contributed by atoms with Gasteiger partial charge in [0.25, 0.3) is 5.91 Å². The predicted octanol–water partition coefficient (Wildman–Crippen LogP) is 5.93. The minimum atomic E-state index is -1.39. The van der Waals surface area contributed by atoms with Crippen LogP contribution in [0.25, 0.3) is 10.8 Å². The topological polar surface area (TPSA) is 206 Å². The van der Waals surface area contributed by atoms with E-state index in [1.54, 1.807) is 0 Å². The number of rotatable bonds is 16. The molecule has 13 nitrogen and oxygen atoms in total. The van der Waals surface area contributed by atoms with Crippen molar-refractivity contribution in [3.63, 3.8) is 0 Å². The summed E-state index contributed by atoms with van der Waals surface area (Å²) in [5.74, 6) is -3.93. The molecule has 0 aliphatic rings. The third kappa shape index (κ3) is 23.8. The number of unbranched alkanes of at least 4 members (excludes halogenated alkanes) is 1. The van der Waals surface area contributed by atoms with E-state index in [4.69, 9.17) is 15.3 Å². The van der Waals surface area contributed by atoms with Gasteiger partial charge >= 0.3 is 23.9 Å². The second-order valence-electron chi connectivity index (χ2n) is 10.7. The number of amides is 3. The van der Waals surface area contributed by atoms with Gasteiger partial charge in [0.2, 0.25) is 0 Å². The Hall–Kier alpha value is -5.43. The fourth-order valence-corrected chi connectivity index (χ4v) is 3.97. The molecule has 0 aliphatic heterocycles. The molecule has 3 amide bonds. The average molecular weight is 726 g/mol. The van der Waals surface area contributed by atoms with Gasteiger partial charge in [-0.05, 0) is 55.3 Å². The van der Waals surface area contributed by atoms with E-state index in [1.165, 1.54) is 16.3 Å². The van der Waals surface area contributed by atoms with E-state index in [2.05, 4.69) is 78.8 Å². The first kappa shape index (κ1) is 48.7. The molecule has 3 aromatic carbocycles. The van der Waals surface area contributed by atoms with Crippen LogP contribution in [-0.2, 0) is 20.9 Å². The monoisotopic (exact) mass is 725 g/mol. The molecule has 0 saturated carbocycles. The minimum absolute atomic E-state index is 0.0700. The first-order valence-electron chi connectivity index (χ1n) is 17.5. The number of hydrogen-bond donors (Lipinski definition) is 8. The van der Waals surface area contributed by atoms with Crippen LogP contribution in [0.4, 0.5) is 4.79 Å². The van der Waals surface area contributed by atoms with Crippen molar-refractivity contribution in [3.05, 3.63) is 95.7 Å². The lowest BCUT2D eigenvalue weighted by atomic mass is 10.1. The van der Waals surface area contributed by atoms with E-state index in [9.17, 15) is 24.0 Å². The summed E-state index contributed by atoms with van der Waals surface area (Å²) in [6, 6.07) is 20.2. The number of aryl methyl sites for hydroxylation is 1. The Kier molecular flexibility index (Phi) is 28.5. The second-order valence-corrected chi connectivity index (χ2v) is 10.7. The van der Waals surface area contributed by atoms with Crippen LogP contribution in [0.1, 0.15) is 81.8 Å². The lowest BCUT2D eigenvalue weighted by Gasteiger charge is -2.13. The van der Waals surface area contributed by atoms with Gasteiger partial charge in [-0.2, -0.15) is 0 Å². The third-order valence-corrected chi connectivity index (χ3v) is 6.52. The number of urea groups is 1. The van der Waals surface area contributed by atoms with E-state index in [1.807, 2.05) is 69.6 Å². The van der Waals surface area contributed by atoms with Gasteiger partial charge in [-0.15, -0.1) is 0 Å². The molecule has 1 unspecified atom stereocenters. The van der Waals surface area contributed by atoms with Crippen molar-refractivity contribution in [2.45, 2.75) is 79.8 Å². The Bertz CT molecular complexity index is 1500. The van der Waals surface area contributed by atoms with Gasteiger partial charge in [-0.1, -0.05) is 108 Å². The van der Waals surface area contributed by atoms with Crippen molar-refractivity contribution in [2.75, 3.05) is 26.7 Å². The van der Waals surface area contributed by atoms with Gasteiger partial charge in [0, 0.05) is 30.8 Å². The first-order chi connectivity index (χ1) is 24.9. The minimum Gasteiger partial charge on any atom is -0.481 e. The van der Waals surface area contributed by atoms with Crippen molar-refractivity contribution >= 4 is 40.6 Å². The van der Waals surface area contributed by atoms with Crippen molar-refractivity contribution in [2.24, 2.45) is 0 Å². The molecule has 0 fully saturated rings. The van der Waals surface area contributed by atoms with E-state index >= 15 is 0 Å². The van der Waals surface area contributed by atoms with Gasteiger partial charge in [0.1, 0.15) is 12.6 Å². The highest BCUT2D eigenvalue weighted by Crippen LogP contribution is 2.14. The second kappa shape index (κ2) is 30.4. The molecule has 8 N–H and O–H groups in total. The molecule has 0 aromatic heterocycles. The summed E-state index contributed by atoms with van der Waals surface area (Å²) in [5.41, 5.74) is 4.00.